The molecule has 184 valence electrons. The molecule has 4 aliphatic rings. The van der Waals surface area contributed by atoms with Crippen LogP contribution in [0.15, 0.2) is 23.8 Å². The zero-order valence-corrected chi connectivity index (χ0v) is 19.8. The maximum Gasteiger partial charge on any atom is 0.190 e. The molecule has 0 spiro atoms. The lowest BCUT2D eigenvalue weighted by Gasteiger charge is -2.63. The van der Waals surface area contributed by atoms with Crippen LogP contribution in [0.25, 0.3) is 0 Å². The van der Waals surface area contributed by atoms with E-state index >= 15 is 8.78 Å². The lowest BCUT2D eigenvalue weighted by molar-refractivity contribution is -0.223. The van der Waals surface area contributed by atoms with Crippen molar-refractivity contribution in [2.24, 2.45) is 28.6 Å². The van der Waals surface area contributed by atoms with Crippen LogP contribution < -0.4 is 0 Å². The molecule has 3 N–H and O–H groups in total. The number of fused-ring (bicyclic) bond motifs is 5. The van der Waals surface area contributed by atoms with Gasteiger partial charge in [-0.3, -0.25) is 9.59 Å². The van der Waals surface area contributed by atoms with Crippen molar-refractivity contribution in [2.45, 2.75) is 77.4 Å². The van der Waals surface area contributed by atoms with Gasteiger partial charge in [0.25, 0.3) is 0 Å². The highest BCUT2D eigenvalue weighted by molar-refractivity contribution is 6.01. The Morgan fingerprint density at radius 1 is 1.18 bits per heavy atom. The van der Waals surface area contributed by atoms with E-state index in [9.17, 15) is 29.7 Å². The first-order valence-corrected chi connectivity index (χ1v) is 11.4. The van der Waals surface area contributed by atoms with Crippen molar-refractivity contribution in [1.82, 2.24) is 0 Å². The van der Waals surface area contributed by atoms with Crippen LogP contribution in [-0.4, -0.2) is 62.8 Å². The van der Waals surface area contributed by atoms with Crippen LogP contribution in [0.1, 0.15) is 53.9 Å². The van der Waals surface area contributed by atoms with Crippen molar-refractivity contribution in [3.63, 3.8) is 0 Å². The minimum Gasteiger partial charge on any atom is -0.390 e. The monoisotopic (exact) mass is 468 g/mol. The van der Waals surface area contributed by atoms with Crippen LogP contribution in [0.5, 0.6) is 0 Å². The molecule has 0 saturated heterocycles. The predicted octanol–water partition coefficient (Wildman–Crippen LogP) is 2.44. The molecule has 0 radical (unpaired) electrons. The first-order valence-electron chi connectivity index (χ1n) is 11.4. The van der Waals surface area contributed by atoms with Gasteiger partial charge in [-0.2, -0.15) is 0 Å². The van der Waals surface area contributed by atoms with E-state index in [4.69, 9.17) is 0 Å². The molecular formula is C25H34F2O6. The Hall–Kier alpha value is -1.77. The van der Waals surface area contributed by atoms with Crippen molar-refractivity contribution in [3.8, 4) is 0 Å². The number of carbonyl (C=O) groups excluding carboxylic acids is 3. The molecule has 8 heteroatoms. The third-order valence-electron chi connectivity index (χ3n) is 8.78. The molecule has 33 heavy (non-hydrogen) atoms. The maximum atomic E-state index is 16.9. The van der Waals surface area contributed by atoms with Gasteiger partial charge in [-0.25, -0.2) is 8.78 Å². The van der Waals surface area contributed by atoms with E-state index in [1.54, 1.807) is 13.8 Å². The van der Waals surface area contributed by atoms with Crippen molar-refractivity contribution in [1.29, 1.82) is 0 Å². The highest BCUT2D eigenvalue weighted by Gasteiger charge is 2.76. The van der Waals surface area contributed by atoms with Crippen LogP contribution in [0.4, 0.5) is 8.78 Å². The Morgan fingerprint density at radius 2 is 1.76 bits per heavy atom. The van der Waals surface area contributed by atoms with Crippen LogP contribution in [-0.2, 0) is 14.4 Å². The molecule has 4 aliphatic carbocycles. The molecule has 0 aromatic carbocycles. The number of ketones is 3. The first-order chi connectivity index (χ1) is 15.1. The molecule has 3 saturated carbocycles. The normalized spacial score (nSPS) is 48.0. The summed E-state index contributed by atoms with van der Waals surface area (Å²) in [6.07, 6.45) is 0.427. The quantitative estimate of drug-likeness (QED) is 0.574. The number of rotatable bonds is 2. The SMILES string of the molecule is CC(C)=O.C[C@@H]1C[C@H]2[C@@H]3C[C@H](F)C4=CC(=O)C=C[C@]4(C)[C@@]3(F)[C@@H](O)C[C@]2(C)[C@@]1(O)C(=O)CO. The number of alkyl halides is 2. The second-order valence-corrected chi connectivity index (χ2v) is 10.8. The van der Waals surface area contributed by atoms with Gasteiger partial charge in [0, 0.05) is 16.7 Å². The molecule has 6 nitrogen and oxygen atoms in total. The summed E-state index contributed by atoms with van der Waals surface area (Å²) in [4.78, 5) is 33.8. The van der Waals surface area contributed by atoms with Crippen LogP contribution >= 0.6 is 0 Å². The van der Waals surface area contributed by atoms with Crippen molar-refractivity contribution in [3.05, 3.63) is 23.8 Å². The molecule has 0 bridgehead atoms. The van der Waals surface area contributed by atoms with Crippen molar-refractivity contribution >= 4 is 17.3 Å². The second-order valence-electron chi connectivity index (χ2n) is 10.8. The number of carbonyl (C=O) groups is 3. The average molecular weight is 469 g/mol. The molecule has 4 rings (SSSR count). The second kappa shape index (κ2) is 8.17. The molecule has 9 atom stereocenters. The van der Waals surface area contributed by atoms with Gasteiger partial charge in [0.1, 0.15) is 24.2 Å². The van der Waals surface area contributed by atoms with E-state index < -0.39 is 70.3 Å². The van der Waals surface area contributed by atoms with Crippen LogP contribution in [0.3, 0.4) is 0 Å². The van der Waals surface area contributed by atoms with Gasteiger partial charge in [-0.1, -0.05) is 19.9 Å². The summed E-state index contributed by atoms with van der Waals surface area (Å²) in [6, 6.07) is 0. The van der Waals surface area contributed by atoms with Crippen molar-refractivity contribution < 1.29 is 38.5 Å². The Bertz CT molecular complexity index is 926. The van der Waals surface area contributed by atoms with Gasteiger partial charge in [0.2, 0.25) is 0 Å². The van der Waals surface area contributed by atoms with Crippen LogP contribution in [0, 0.1) is 28.6 Å². The van der Waals surface area contributed by atoms with Gasteiger partial charge in [0.05, 0.1) is 6.10 Å². The Kier molecular flexibility index (Phi) is 6.40. The topological polar surface area (TPSA) is 112 Å². The fourth-order valence-corrected chi connectivity index (χ4v) is 7.25. The number of aliphatic hydroxyl groups excluding tert-OH is 2. The lowest BCUT2D eigenvalue weighted by atomic mass is 9.44. The Labute approximate surface area is 192 Å². The smallest absolute Gasteiger partial charge is 0.190 e. The number of hydrogen-bond acceptors (Lipinski definition) is 6. The average Bonchev–Trinajstić information content (AvgIpc) is 2.92. The summed E-state index contributed by atoms with van der Waals surface area (Å²) in [5.41, 5.74) is -6.81. The third-order valence-corrected chi connectivity index (χ3v) is 8.78. The Morgan fingerprint density at radius 3 is 2.30 bits per heavy atom. The molecule has 0 amide bonds. The third kappa shape index (κ3) is 3.32. The first kappa shape index (κ1) is 25.8. The summed E-state index contributed by atoms with van der Waals surface area (Å²) in [5.74, 6) is -3.08. The molecule has 0 heterocycles. The van der Waals surface area contributed by atoms with E-state index in [-0.39, 0.29) is 30.6 Å². The summed E-state index contributed by atoms with van der Waals surface area (Å²) in [5, 5.41) is 31.9. The minimum atomic E-state index is -2.24. The Balaban J connectivity index is 0.000000709. The molecular weight excluding hydrogens is 434 g/mol. The maximum absolute atomic E-state index is 16.9. The van der Waals surface area contributed by atoms with Gasteiger partial charge >= 0.3 is 0 Å². The number of aliphatic hydroxyl groups is 3. The van der Waals surface area contributed by atoms with Crippen molar-refractivity contribution in [2.75, 3.05) is 6.61 Å². The lowest BCUT2D eigenvalue weighted by Crippen LogP contribution is -2.70. The molecule has 0 aliphatic heterocycles. The minimum absolute atomic E-state index is 0.0409. The summed E-state index contributed by atoms with van der Waals surface area (Å²) >= 11 is 0. The fraction of sp³-hybridized carbons (Fsp3) is 0.720. The fourth-order valence-electron chi connectivity index (χ4n) is 7.25. The number of allylic oxidation sites excluding steroid dienone is 4. The number of hydrogen-bond donors (Lipinski definition) is 3. The summed E-state index contributed by atoms with van der Waals surface area (Å²) in [6.45, 7) is 7.02. The predicted molar refractivity (Wildman–Crippen MR) is 117 cm³/mol. The van der Waals surface area contributed by atoms with E-state index in [2.05, 4.69) is 0 Å². The number of halogens is 2. The standard InChI is InChI=1S/C22H28F2O5.C3H6O/c1-11-6-13-14-8-16(23)15-7-12(26)4-5-19(15,2)21(14,24)17(27)9-20(13,3)22(11,29)18(28)10-25;1-3(2)4/h4-5,7,11,13-14,16-17,25,27,29H,6,8-10H2,1-3H3;1-2H3/t11-,13+,14+,16+,17+,19+,20+,21+,22+;/m1./s1. The molecule has 0 aromatic rings. The summed E-state index contributed by atoms with van der Waals surface area (Å²) in [7, 11) is 0. The number of Topliss-reactive ketones (excluding diaryl/α,β-unsaturated/α-hetero) is 2. The highest BCUT2D eigenvalue weighted by atomic mass is 19.1. The zero-order valence-electron chi connectivity index (χ0n) is 19.8. The van der Waals surface area contributed by atoms with E-state index in [0.717, 1.165) is 6.08 Å². The van der Waals surface area contributed by atoms with Gasteiger partial charge in [0.15, 0.2) is 17.2 Å². The van der Waals surface area contributed by atoms with E-state index in [1.165, 1.54) is 32.9 Å². The zero-order chi connectivity index (χ0) is 25.1. The largest absolute Gasteiger partial charge is 0.390 e. The molecule has 3 fully saturated rings. The van der Waals surface area contributed by atoms with Crippen LogP contribution in [0.2, 0.25) is 0 Å². The molecule has 0 aromatic heterocycles. The highest BCUT2D eigenvalue weighted by Crippen LogP contribution is 2.70. The van der Waals surface area contributed by atoms with Gasteiger partial charge < -0.3 is 20.1 Å². The van der Waals surface area contributed by atoms with E-state index in [0.29, 0.717) is 0 Å². The van der Waals surface area contributed by atoms with E-state index in [1.807, 2.05) is 0 Å². The molecule has 0 unspecified atom stereocenters. The summed E-state index contributed by atoms with van der Waals surface area (Å²) < 4.78 is 32.1. The van der Waals surface area contributed by atoms with Gasteiger partial charge in [-0.15, -0.1) is 0 Å². The van der Waals surface area contributed by atoms with Gasteiger partial charge in [-0.05, 0) is 69.6 Å².